The van der Waals surface area contributed by atoms with E-state index in [4.69, 9.17) is 57.3 Å². The first-order valence-corrected chi connectivity index (χ1v) is 35.5. The van der Waals surface area contributed by atoms with Crippen molar-refractivity contribution in [2.45, 2.75) is 227 Å². The van der Waals surface area contributed by atoms with Crippen molar-refractivity contribution in [3.05, 3.63) is 65.7 Å². The molecule has 576 valence electrons. The van der Waals surface area contributed by atoms with Crippen LogP contribution in [0, 0.1) is 33.5 Å². The lowest BCUT2D eigenvalue weighted by molar-refractivity contribution is -0.192. The molecule has 0 heterocycles. The minimum Gasteiger partial charge on any atom is -0.478 e. The highest BCUT2D eigenvalue weighted by Crippen LogP contribution is 2.24. The average molecular weight is 1430 g/mol. The molecule has 0 aliphatic rings. The van der Waals surface area contributed by atoms with Crippen molar-refractivity contribution >= 4 is 71.8 Å². The molecule has 5 N–H and O–H groups in total. The Hall–Kier alpha value is -8.12. The monoisotopic (exact) mass is 1430 g/mol. The van der Waals surface area contributed by atoms with Gasteiger partial charge in [-0.15, -0.1) is 0 Å². The number of esters is 6. The number of rotatable bonds is 44. The number of carbonyl (C=O) groups excluding carboxylic acids is 11. The SMILES string of the molecule is CCC(C)(C)C(=O)OCCNC(=O)Nc1ccc(C(=O)O)cc1.CCC(C)(C)C(=O)OCCOC(=O)c1ccccc1.CCCCC(CC)COC(=O)CCCCCOC(=O)NCCOC(=O)C(C)(C)CC.CCCCC(CC)COC(C)COC(=O)NCCOC(=O)C(C)(C)CC.O=C=O. The van der Waals surface area contributed by atoms with Crippen LogP contribution in [0.4, 0.5) is 20.1 Å². The van der Waals surface area contributed by atoms with E-state index in [1.165, 1.54) is 49.9 Å². The molecule has 4 amide bonds. The number of carboxylic acids is 1. The maximum atomic E-state index is 11.8. The molecule has 0 aromatic heterocycles. The van der Waals surface area contributed by atoms with Crippen molar-refractivity contribution in [1.29, 1.82) is 0 Å². The second kappa shape index (κ2) is 57.5. The minimum absolute atomic E-state index is 0.0687. The van der Waals surface area contributed by atoms with Crippen LogP contribution >= 0.6 is 0 Å². The molecule has 0 bridgehead atoms. The second-order valence-corrected chi connectivity index (χ2v) is 26.4. The van der Waals surface area contributed by atoms with Gasteiger partial charge < -0.3 is 69.0 Å². The Morgan fingerprint density at radius 3 is 1.29 bits per heavy atom. The number of urea groups is 1. The van der Waals surface area contributed by atoms with E-state index in [2.05, 4.69) is 49.0 Å². The number of nitrogens with one attached hydrogen (secondary N) is 4. The number of amides is 4. The summed E-state index contributed by atoms with van der Waals surface area (Å²) in [5.41, 5.74) is -0.946. The van der Waals surface area contributed by atoms with E-state index in [-0.39, 0.29) is 107 Å². The number of hydrogen-bond donors (Lipinski definition) is 5. The predicted molar refractivity (Wildman–Crippen MR) is 382 cm³/mol. The van der Waals surface area contributed by atoms with E-state index in [1.54, 1.807) is 38.1 Å². The molecular weight excluding hydrogens is 1310 g/mol. The fraction of sp³-hybridized carbons (Fsp3) is 0.693. The van der Waals surface area contributed by atoms with Crippen molar-refractivity contribution in [2.75, 3.05) is 84.4 Å². The summed E-state index contributed by atoms with van der Waals surface area (Å²) in [5, 5.41) is 19.0. The van der Waals surface area contributed by atoms with Gasteiger partial charge in [-0.25, -0.2) is 24.0 Å². The Bertz CT molecular complexity index is 2680. The lowest BCUT2D eigenvalue weighted by Crippen LogP contribution is -2.34. The highest BCUT2D eigenvalue weighted by molar-refractivity contribution is 5.92. The minimum atomic E-state index is -1.03. The first kappa shape index (κ1) is 97.1. The van der Waals surface area contributed by atoms with Gasteiger partial charge in [0.15, 0.2) is 0 Å². The Kier molecular flexibility index (Phi) is 55.3. The van der Waals surface area contributed by atoms with Gasteiger partial charge >= 0.3 is 66.2 Å². The van der Waals surface area contributed by atoms with E-state index in [0.717, 1.165) is 38.5 Å². The smallest absolute Gasteiger partial charge is 0.407 e. The highest BCUT2D eigenvalue weighted by Gasteiger charge is 2.30. The van der Waals surface area contributed by atoms with Gasteiger partial charge in [-0.2, -0.15) is 9.59 Å². The van der Waals surface area contributed by atoms with Crippen LogP contribution in [0.3, 0.4) is 0 Å². The number of alkyl carbamates (subject to hydrolysis) is 2. The topological polar surface area (TPSA) is 356 Å². The molecule has 0 saturated carbocycles. The zero-order valence-corrected chi connectivity index (χ0v) is 63.7. The number of benzene rings is 2. The molecule has 101 heavy (non-hydrogen) atoms. The van der Waals surface area contributed by atoms with Gasteiger partial charge in [-0.05, 0) is 168 Å². The number of unbranched alkanes of at least 4 members (excludes halogenated alkanes) is 4. The summed E-state index contributed by atoms with van der Waals surface area (Å²) >= 11 is 0. The lowest BCUT2D eigenvalue weighted by Gasteiger charge is -2.20. The third-order valence-corrected chi connectivity index (χ3v) is 16.4. The van der Waals surface area contributed by atoms with Gasteiger partial charge in [-0.1, -0.05) is 112 Å². The molecule has 0 spiro atoms. The molecule has 0 aliphatic heterocycles. The van der Waals surface area contributed by atoms with E-state index >= 15 is 0 Å². The van der Waals surface area contributed by atoms with Crippen LogP contribution in [0.1, 0.15) is 241 Å². The summed E-state index contributed by atoms with van der Waals surface area (Å²) in [5.74, 6) is -1.67. The second-order valence-electron chi connectivity index (χ2n) is 26.4. The summed E-state index contributed by atoms with van der Waals surface area (Å²) in [4.78, 5) is 132. The third kappa shape index (κ3) is 50.0. The maximum Gasteiger partial charge on any atom is 0.407 e. The number of anilines is 1. The molecule has 2 aromatic carbocycles. The highest BCUT2D eigenvalue weighted by atomic mass is 16.6. The molecule has 2 rings (SSSR count). The van der Waals surface area contributed by atoms with Gasteiger partial charge in [0.25, 0.3) is 0 Å². The van der Waals surface area contributed by atoms with Crippen molar-refractivity contribution in [3.63, 3.8) is 0 Å². The molecule has 0 aliphatic carbocycles. The average Bonchev–Trinajstić information content (AvgIpc) is 0.981. The summed E-state index contributed by atoms with van der Waals surface area (Å²) in [6.45, 7) is 35.7. The number of aromatic carboxylic acids is 1. The fourth-order valence-corrected chi connectivity index (χ4v) is 7.49. The summed E-state index contributed by atoms with van der Waals surface area (Å²) in [6, 6.07) is 14.0. The van der Waals surface area contributed by atoms with Crippen LogP contribution in [0.25, 0.3) is 0 Å². The van der Waals surface area contributed by atoms with Gasteiger partial charge in [-0.3, -0.25) is 24.0 Å². The molecule has 26 nitrogen and oxygen atoms in total. The van der Waals surface area contributed by atoms with Crippen molar-refractivity contribution in [3.8, 4) is 0 Å². The Balaban J connectivity index is -0.00000126. The molecule has 26 heteroatoms. The Morgan fingerprint density at radius 1 is 0.446 bits per heavy atom. The predicted octanol–water partition coefficient (Wildman–Crippen LogP) is 14.1. The number of ether oxygens (including phenoxy) is 9. The van der Waals surface area contributed by atoms with Crippen molar-refractivity contribution in [2.24, 2.45) is 33.5 Å². The van der Waals surface area contributed by atoms with E-state index in [0.29, 0.717) is 81.4 Å². The molecule has 0 radical (unpaired) electrons. The number of hydrogen-bond acceptors (Lipinski definition) is 21. The maximum absolute atomic E-state index is 11.8. The standard InChI is InChI=1S/C23H43NO6.C20H39NO5.C16H22N2O5.C15H20O4.CO2/c1-6-9-13-19(7-2)18-30-20(25)14-11-10-12-16-29-22(27)24-15-17-28-21(26)23(4,5)8-3;1-7-10-11-17(8-2)15-25-16(4)14-26-19(23)21-12-13-24-18(22)20(5,6)9-3;1-4-16(2,3)14(21)23-10-9-17-15(22)18-12-7-5-11(6-8-12)13(19)20;1-4-15(2,3)14(17)19-11-10-18-13(16)12-8-6-5-7-9-12;2-1-3/h19H,6-18H2,1-5H3,(H,24,27);16-17H,7-15H2,1-6H3,(H,21,23);5-8H,4,9-10H2,1-3H3,(H,19,20)(H2,17,18,22);5-9H,4,10-11H2,1-3H3;. The van der Waals surface area contributed by atoms with Crippen molar-refractivity contribution < 1.29 is 105 Å². The molecular formula is C75H124N4O22. The third-order valence-electron chi connectivity index (χ3n) is 16.4. The van der Waals surface area contributed by atoms with E-state index < -0.39 is 51.8 Å². The first-order valence-electron chi connectivity index (χ1n) is 35.5. The van der Waals surface area contributed by atoms with E-state index in [9.17, 15) is 47.9 Å². The lowest BCUT2D eigenvalue weighted by atomic mass is 9.91. The Labute approximate surface area is 600 Å². The molecule has 3 unspecified atom stereocenters. The summed E-state index contributed by atoms with van der Waals surface area (Å²) < 4.78 is 46.8. The molecule has 3 atom stereocenters. The molecule has 0 fully saturated rings. The zero-order valence-electron chi connectivity index (χ0n) is 63.7. The number of carboxylic acid groups (broad SMARTS) is 1. The Morgan fingerprint density at radius 2 is 0.861 bits per heavy atom. The molecule has 2 aromatic rings. The molecule has 0 saturated heterocycles. The summed E-state index contributed by atoms with van der Waals surface area (Å²) in [6.07, 6.45) is 13.6. The van der Waals surface area contributed by atoms with Crippen molar-refractivity contribution in [1.82, 2.24) is 16.0 Å². The zero-order chi connectivity index (χ0) is 77.3. The van der Waals surface area contributed by atoms with E-state index in [1.807, 2.05) is 82.2 Å². The quantitative estimate of drug-likeness (QED) is 0.0234. The van der Waals surface area contributed by atoms with Crippen LogP contribution < -0.4 is 21.3 Å². The van der Waals surface area contributed by atoms with Gasteiger partial charge in [0.2, 0.25) is 0 Å². The van der Waals surface area contributed by atoms with Crippen LogP contribution in [-0.4, -0.2) is 156 Å². The number of carbonyl (C=O) groups is 10. The van der Waals surface area contributed by atoms with Gasteiger partial charge in [0.1, 0.15) is 39.6 Å². The normalized spacial score (nSPS) is 11.7. The van der Waals surface area contributed by atoms with Crippen LogP contribution in [0.5, 0.6) is 0 Å². The van der Waals surface area contributed by atoms with Crippen LogP contribution in [-0.2, 0) is 76.2 Å². The van der Waals surface area contributed by atoms with Gasteiger partial charge in [0, 0.05) is 18.7 Å². The van der Waals surface area contributed by atoms with Crippen LogP contribution in [0.2, 0.25) is 0 Å². The first-order chi connectivity index (χ1) is 47.7. The van der Waals surface area contributed by atoms with Gasteiger partial charge in [0.05, 0.1) is 71.7 Å². The summed E-state index contributed by atoms with van der Waals surface area (Å²) in [7, 11) is 0. The van der Waals surface area contributed by atoms with Crippen LogP contribution in [0.15, 0.2) is 54.6 Å². The fourth-order valence-electron chi connectivity index (χ4n) is 7.49. The largest absolute Gasteiger partial charge is 0.478 e.